The van der Waals surface area contributed by atoms with Gasteiger partial charge in [0.1, 0.15) is 6.61 Å². The van der Waals surface area contributed by atoms with Crippen LogP contribution in [0.4, 0.5) is 8.78 Å². The maximum absolute atomic E-state index is 11.7. The summed E-state index contributed by atoms with van der Waals surface area (Å²) in [5.74, 6) is 0. The van der Waals surface area contributed by atoms with Crippen LogP contribution in [0.25, 0.3) is 0 Å². The third-order valence-corrected chi connectivity index (χ3v) is 2.55. The predicted molar refractivity (Wildman–Crippen MR) is 42.8 cm³/mol. The van der Waals surface area contributed by atoms with Crippen LogP contribution < -0.4 is 0 Å². The van der Waals surface area contributed by atoms with E-state index in [1.54, 1.807) is 13.8 Å². The van der Waals surface area contributed by atoms with E-state index < -0.39 is 20.9 Å². The summed E-state index contributed by atoms with van der Waals surface area (Å²) in [5.41, 5.74) is 0. The highest BCUT2D eigenvalue weighted by molar-refractivity contribution is 7.48. The maximum atomic E-state index is 11.7. The van der Waals surface area contributed by atoms with Crippen molar-refractivity contribution < 1.29 is 26.9 Å². The van der Waals surface area contributed by atoms with E-state index in [4.69, 9.17) is 0 Å². The Hall–Kier alpha value is -0.0300. The number of halogens is 2. The van der Waals surface area contributed by atoms with Gasteiger partial charge in [-0.25, -0.2) is 13.3 Å². The Morgan fingerprint density at radius 2 is 1.62 bits per heavy atom. The molecule has 0 saturated carbocycles. The fourth-order valence-electron chi connectivity index (χ4n) is 0.576. The van der Waals surface area contributed by atoms with Crippen LogP contribution in [0.15, 0.2) is 0 Å². The molecule has 0 aromatic rings. The zero-order valence-corrected chi connectivity index (χ0v) is 8.43. The molecule has 0 aliphatic rings. The van der Waals surface area contributed by atoms with E-state index in [1.165, 1.54) is 0 Å². The van der Waals surface area contributed by atoms with Crippen LogP contribution in [0.2, 0.25) is 0 Å². The first kappa shape index (κ1) is 13.0. The molecule has 0 aromatic heterocycles. The summed E-state index contributed by atoms with van der Waals surface area (Å²) >= 11 is 0. The molecule has 7 heteroatoms. The zero-order valence-electron chi connectivity index (χ0n) is 7.53. The fourth-order valence-corrected chi connectivity index (χ4v) is 1.73. The Kier molecular flexibility index (Phi) is 6.41. The Bertz CT molecular complexity index is 166. The second-order valence-electron chi connectivity index (χ2n) is 1.97. The normalized spacial score (nSPS) is 12.4. The SMILES string of the molecule is CCOP(=O)(OCC)OCC(F)F. The summed E-state index contributed by atoms with van der Waals surface area (Å²) < 4.78 is 48.2. The lowest BCUT2D eigenvalue weighted by molar-refractivity contribution is 0.0456. The Balaban J connectivity index is 3.99. The molecule has 0 unspecified atom stereocenters. The molecule has 0 aromatic carbocycles. The molecule has 0 saturated heterocycles. The lowest BCUT2D eigenvalue weighted by Crippen LogP contribution is -2.06. The van der Waals surface area contributed by atoms with Crippen molar-refractivity contribution in [2.45, 2.75) is 20.3 Å². The second kappa shape index (κ2) is 6.43. The van der Waals surface area contributed by atoms with E-state index in [2.05, 4.69) is 13.6 Å². The number of hydrogen-bond donors (Lipinski definition) is 0. The maximum Gasteiger partial charge on any atom is 0.474 e. The Morgan fingerprint density at radius 1 is 1.15 bits per heavy atom. The number of phosphoric ester groups is 1. The molecule has 0 radical (unpaired) electrons. The van der Waals surface area contributed by atoms with Crippen molar-refractivity contribution >= 4 is 7.82 Å². The molecule has 0 aliphatic carbocycles. The molecule has 0 N–H and O–H groups in total. The van der Waals surface area contributed by atoms with Gasteiger partial charge < -0.3 is 0 Å². The third-order valence-electron chi connectivity index (χ3n) is 0.933. The van der Waals surface area contributed by atoms with Crippen LogP contribution in [-0.2, 0) is 18.1 Å². The molecular weight excluding hydrogens is 205 g/mol. The smallest absolute Gasteiger partial charge is 0.287 e. The van der Waals surface area contributed by atoms with E-state index in [-0.39, 0.29) is 13.2 Å². The first-order valence-electron chi connectivity index (χ1n) is 3.86. The molecule has 0 atom stereocenters. The highest BCUT2D eigenvalue weighted by Gasteiger charge is 2.26. The van der Waals surface area contributed by atoms with Crippen molar-refractivity contribution in [1.82, 2.24) is 0 Å². The fraction of sp³-hybridized carbons (Fsp3) is 1.00. The number of rotatable bonds is 7. The second-order valence-corrected chi connectivity index (χ2v) is 3.64. The van der Waals surface area contributed by atoms with Crippen molar-refractivity contribution in [2.75, 3.05) is 19.8 Å². The quantitative estimate of drug-likeness (QED) is 0.615. The van der Waals surface area contributed by atoms with E-state index in [0.717, 1.165) is 0 Å². The lowest BCUT2D eigenvalue weighted by Gasteiger charge is -2.15. The van der Waals surface area contributed by atoms with Gasteiger partial charge in [0, 0.05) is 0 Å². The molecular formula is C6H13F2O4P. The molecule has 0 bridgehead atoms. The van der Waals surface area contributed by atoms with E-state index in [9.17, 15) is 13.3 Å². The largest absolute Gasteiger partial charge is 0.474 e. The van der Waals surface area contributed by atoms with Gasteiger partial charge in [-0.3, -0.25) is 13.6 Å². The van der Waals surface area contributed by atoms with Crippen LogP contribution in [0.5, 0.6) is 0 Å². The van der Waals surface area contributed by atoms with Gasteiger partial charge in [-0.2, -0.15) is 0 Å². The molecule has 0 amide bonds. The average Bonchev–Trinajstić information content (AvgIpc) is 2.02. The zero-order chi connectivity index (χ0) is 10.3. The summed E-state index contributed by atoms with van der Waals surface area (Å²) in [7, 11) is -3.75. The Labute approximate surface area is 75.8 Å². The molecule has 0 heterocycles. The van der Waals surface area contributed by atoms with Gasteiger partial charge in [0.25, 0.3) is 6.43 Å². The van der Waals surface area contributed by atoms with Gasteiger partial charge in [0.15, 0.2) is 0 Å². The van der Waals surface area contributed by atoms with Crippen LogP contribution in [-0.4, -0.2) is 26.2 Å². The van der Waals surface area contributed by atoms with Gasteiger partial charge in [0.05, 0.1) is 13.2 Å². The molecule has 0 spiro atoms. The summed E-state index contributed by atoms with van der Waals surface area (Å²) in [6, 6.07) is 0. The van der Waals surface area contributed by atoms with Gasteiger partial charge in [0.2, 0.25) is 0 Å². The molecule has 0 rings (SSSR count). The van der Waals surface area contributed by atoms with Crippen LogP contribution >= 0.6 is 7.82 Å². The minimum Gasteiger partial charge on any atom is -0.287 e. The van der Waals surface area contributed by atoms with Crippen LogP contribution in [0.3, 0.4) is 0 Å². The molecule has 4 nitrogen and oxygen atoms in total. The standard InChI is InChI=1S/C6H13F2O4P/c1-3-10-13(9,11-4-2)12-5-6(7)8/h6H,3-5H2,1-2H3. The number of phosphoric acid groups is 1. The van der Waals surface area contributed by atoms with Crippen molar-refractivity contribution in [2.24, 2.45) is 0 Å². The van der Waals surface area contributed by atoms with E-state index in [1.807, 2.05) is 0 Å². The molecule has 13 heavy (non-hydrogen) atoms. The lowest BCUT2D eigenvalue weighted by atomic mass is 10.8. The van der Waals surface area contributed by atoms with Gasteiger partial charge in [-0.15, -0.1) is 0 Å². The van der Waals surface area contributed by atoms with Gasteiger partial charge in [-0.1, -0.05) is 0 Å². The monoisotopic (exact) mass is 218 g/mol. The van der Waals surface area contributed by atoms with Crippen LogP contribution in [0, 0.1) is 0 Å². The molecule has 80 valence electrons. The summed E-state index contributed by atoms with van der Waals surface area (Å²) in [6.07, 6.45) is -2.69. The highest BCUT2D eigenvalue weighted by Crippen LogP contribution is 2.49. The van der Waals surface area contributed by atoms with Crippen molar-refractivity contribution in [3.8, 4) is 0 Å². The first-order valence-corrected chi connectivity index (χ1v) is 5.32. The molecule has 0 fully saturated rings. The van der Waals surface area contributed by atoms with Gasteiger partial charge >= 0.3 is 7.82 Å². The molecule has 0 aliphatic heterocycles. The summed E-state index contributed by atoms with van der Waals surface area (Å²) in [4.78, 5) is 0. The number of alkyl halides is 2. The van der Waals surface area contributed by atoms with Crippen molar-refractivity contribution in [1.29, 1.82) is 0 Å². The highest BCUT2D eigenvalue weighted by atomic mass is 31.2. The predicted octanol–water partition coefficient (Wildman–Crippen LogP) is 2.45. The first-order chi connectivity index (χ1) is 6.04. The van der Waals surface area contributed by atoms with Crippen molar-refractivity contribution in [3.05, 3.63) is 0 Å². The van der Waals surface area contributed by atoms with Gasteiger partial charge in [-0.05, 0) is 13.8 Å². The topological polar surface area (TPSA) is 44.8 Å². The van der Waals surface area contributed by atoms with Crippen molar-refractivity contribution in [3.63, 3.8) is 0 Å². The minimum atomic E-state index is -3.75. The van der Waals surface area contributed by atoms with E-state index in [0.29, 0.717) is 0 Å². The minimum absolute atomic E-state index is 0.0838. The summed E-state index contributed by atoms with van der Waals surface area (Å²) in [5, 5.41) is 0. The average molecular weight is 218 g/mol. The number of hydrogen-bond acceptors (Lipinski definition) is 4. The van der Waals surface area contributed by atoms with Crippen LogP contribution in [0.1, 0.15) is 13.8 Å². The van der Waals surface area contributed by atoms with E-state index >= 15 is 0 Å². The Morgan fingerprint density at radius 3 is 1.92 bits per heavy atom. The summed E-state index contributed by atoms with van der Waals surface area (Å²) in [6.45, 7) is 2.35. The third kappa shape index (κ3) is 6.10.